The van der Waals surface area contributed by atoms with E-state index in [2.05, 4.69) is 11.9 Å². The van der Waals surface area contributed by atoms with Crippen molar-refractivity contribution in [1.29, 1.82) is 0 Å². The highest BCUT2D eigenvalue weighted by Crippen LogP contribution is 2.43. The monoisotopic (exact) mass is 233 g/mol. The molecular weight excluding hydrogens is 217 g/mol. The number of hydrogen-bond acceptors (Lipinski definition) is 1. The van der Waals surface area contributed by atoms with Crippen LogP contribution in [0.5, 0.6) is 0 Å². The molecule has 0 aliphatic heterocycles. The summed E-state index contributed by atoms with van der Waals surface area (Å²) < 4.78 is 12.9. The summed E-state index contributed by atoms with van der Waals surface area (Å²) in [6, 6.07) is 6.25. The maximum Gasteiger partial charge on any atom is 0.230 e. The van der Waals surface area contributed by atoms with Crippen LogP contribution in [0.25, 0.3) is 0 Å². The van der Waals surface area contributed by atoms with Crippen LogP contribution in [0.4, 0.5) is 4.39 Å². The van der Waals surface area contributed by atoms with Gasteiger partial charge in [-0.25, -0.2) is 4.39 Å². The topological polar surface area (TPSA) is 29.1 Å². The third-order valence-corrected chi connectivity index (χ3v) is 3.45. The molecule has 1 aliphatic carbocycles. The molecule has 1 aromatic rings. The summed E-state index contributed by atoms with van der Waals surface area (Å²) >= 11 is 0. The van der Waals surface area contributed by atoms with E-state index in [0.717, 1.165) is 24.8 Å². The van der Waals surface area contributed by atoms with Crippen LogP contribution in [-0.2, 0) is 10.2 Å². The summed E-state index contributed by atoms with van der Waals surface area (Å²) in [5.41, 5.74) is 0.461. The zero-order chi connectivity index (χ0) is 12.3. The lowest BCUT2D eigenvalue weighted by Crippen LogP contribution is -2.49. The molecule has 2 nitrogen and oxygen atoms in total. The second kappa shape index (κ2) is 4.70. The molecule has 0 aromatic heterocycles. The minimum absolute atomic E-state index is 0.0234. The number of rotatable bonds is 4. The van der Waals surface area contributed by atoms with Gasteiger partial charge in [0.15, 0.2) is 0 Å². The summed E-state index contributed by atoms with van der Waals surface area (Å²) in [5.74, 6) is -0.245. The third-order valence-electron chi connectivity index (χ3n) is 3.45. The van der Waals surface area contributed by atoms with Crippen molar-refractivity contribution in [2.75, 3.05) is 6.54 Å². The summed E-state index contributed by atoms with van der Waals surface area (Å²) in [5, 5.41) is 2.84. The van der Waals surface area contributed by atoms with E-state index in [0.29, 0.717) is 6.54 Å². The SMILES string of the molecule is C=CCNC(=O)C1(c2ccc(F)cc2)CCC1. The Balaban J connectivity index is 2.22. The fourth-order valence-corrected chi connectivity index (χ4v) is 2.28. The van der Waals surface area contributed by atoms with Crippen molar-refractivity contribution in [2.45, 2.75) is 24.7 Å². The normalized spacial score (nSPS) is 17.0. The first-order valence-corrected chi connectivity index (χ1v) is 5.84. The maximum absolute atomic E-state index is 12.9. The molecule has 0 unspecified atom stereocenters. The summed E-state index contributed by atoms with van der Waals surface area (Å²) in [6.07, 6.45) is 4.37. The molecule has 90 valence electrons. The van der Waals surface area contributed by atoms with E-state index in [-0.39, 0.29) is 11.7 Å². The molecule has 1 amide bonds. The zero-order valence-electron chi connectivity index (χ0n) is 9.71. The van der Waals surface area contributed by atoms with E-state index in [9.17, 15) is 9.18 Å². The Bertz CT molecular complexity index is 420. The molecule has 0 heterocycles. The van der Waals surface area contributed by atoms with Gasteiger partial charge in [0.2, 0.25) is 5.91 Å². The number of carbonyl (C=O) groups excluding carboxylic acids is 1. The second-order valence-electron chi connectivity index (χ2n) is 4.44. The van der Waals surface area contributed by atoms with E-state index >= 15 is 0 Å². The number of nitrogens with one attached hydrogen (secondary N) is 1. The van der Waals surface area contributed by atoms with Crippen LogP contribution in [0, 0.1) is 5.82 Å². The highest BCUT2D eigenvalue weighted by molar-refractivity contribution is 5.89. The molecule has 3 heteroatoms. The molecule has 0 bridgehead atoms. The highest BCUT2D eigenvalue weighted by atomic mass is 19.1. The Morgan fingerprint density at radius 3 is 2.53 bits per heavy atom. The van der Waals surface area contributed by atoms with Gasteiger partial charge >= 0.3 is 0 Å². The van der Waals surface area contributed by atoms with E-state index in [4.69, 9.17) is 0 Å². The predicted octanol–water partition coefficient (Wildman–Crippen LogP) is 2.55. The van der Waals surface area contributed by atoms with Gasteiger partial charge in [-0.1, -0.05) is 24.6 Å². The van der Waals surface area contributed by atoms with E-state index in [1.807, 2.05) is 0 Å². The fourth-order valence-electron chi connectivity index (χ4n) is 2.28. The molecule has 0 radical (unpaired) electrons. The van der Waals surface area contributed by atoms with Crippen LogP contribution in [0.15, 0.2) is 36.9 Å². The van der Waals surface area contributed by atoms with Crippen LogP contribution >= 0.6 is 0 Å². The quantitative estimate of drug-likeness (QED) is 0.796. The Morgan fingerprint density at radius 2 is 2.06 bits per heavy atom. The smallest absolute Gasteiger partial charge is 0.230 e. The number of hydrogen-bond donors (Lipinski definition) is 1. The van der Waals surface area contributed by atoms with Gasteiger partial charge in [0.05, 0.1) is 5.41 Å². The number of benzene rings is 1. The zero-order valence-corrected chi connectivity index (χ0v) is 9.71. The van der Waals surface area contributed by atoms with Crippen LogP contribution < -0.4 is 5.32 Å². The van der Waals surface area contributed by atoms with Crippen molar-refractivity contribution >= 4 is 5.91 Å². The number of carbonyl (C=O) groups is 1. The summed E-state index contributed by atoms with van der Waals surface area (Å²) in [4.78, 5) is 12.1. The number of halogens is 1. The Labute approximate surface area is 101 Å². The largest absolute Gasteiger partial charge is 0.352 e. The lowest BCUT2D eigenvalue weighted by atomic mass is 9.64. The minimum atomic E-state index is -0.448. The van der Waals surface area contributed by atoms with Crippen LogP contribution in [0.3, 0.4) is 0 Å². The van der Waals surface area contributed by atoms with Gasteiger partial charge in [0, 0.05) is 6.54 Å². The molecule has 0 saturated heterocycles. The van der Waals surface area contributed by atoms with Crippen molar-refractivity contribution in [2.24, 2.45) is 0 Å². The highest BCUT2D eigenvalue weighted by Gasteiger charge is 2.45. The molecular formula is C14H16FNO. The Hall–Kier alpha value is -1.64. The summed E-state index contributed by atoms with van der Waals surface area (Å²) in [6.45, 7) is 4.05. The average molecular weight is 233 g/mol. The van der Waals surface area contributed by atoms with Crippen molar-refractivity contribution in [3.63, 3.8) is 0 Å². The van der Waals surface area contributed by atoms with Crippen molar-refractivity contribution in [3.05, 3.63) is 48.3 Å². The van der Waals surface area contributed by atoms with Crippen molar-refractivity contribution < 1.29 is 9.18 Å². The second-order valence-corrected chi connectivity index (χ2v) is 4.44. The van der Waals surface area contributed by atoms with Gasteiger partial charge in [-0.2, -0.15) is 0 Å². The third kappa shape index (κ3) is 2.09. The summed E-state index contributed by atoms with van der Waals surface area (Å²) in [7, 11) is 0. The van der Waals surface area contributed by atoms with Crippen LogP contribution in [0.1, 0.15) is 24.8 Å². The van der Waals surface area contributed by atoms with Gasteiger partial charge in [0.1, 0.15) is 5.82 Å². The van der Waals surface area contributed by atoms with Crippen LogP contribution in [0.2, 0.25) is 0 Å². The average Bonchev–Trinajstić information content (AvgIpc) is 2.27. The molecule has 1 aliphatic rings. The molecule has 1 saturated carbocycles. The van der Waals surface area contributed by atoms with Gasteiger partial charge in [0.25, 0.3) is 0 Å². The van der Waals surface area contributed by atoms with Gasteiger partial charge in [-0.15, -0.1) is 6.58 Å². The predicted molar refractivity (Wildman–Crippen MR) is 65.1 cm³/mol. The molecule has 0 spiro atoms. The van der Waals surface area contributed by atoms with Crippen LogP contribution in [-0.4, -0.2) is 12.5 Å². The molecule has 17 heavy (non-hydrogen) atoms. The minimum Gasteiger partial charge on any atom is -0.352 e. The lowest BCUT2D eigenvalue weighted by Gasteiger charge is -2.40. The molecule has 0 atom stereocenters. The lowest BCUT2D eigenvalue weighted by molar-refractivity contribution is -0.129. The fraction of sp³-hybridized carbons (Fsp3) is 0.357. The Morgan fingerprint density at radius 1 is 1.41 bits per heavy atom. The van der Waals surface area contributed by atoms with Gasteiger partial charge in [-0.05, 0) is 30.5 Å². The molecule has 1 N–H and O–H groups in total. The van der Waals surface area contributed by atoms with Crippen molar-refractivity contribution in [1.82, 2.24) is 5.32 Å². The first kappa shape index (κ1) is 11.8. The number of amides is 1. The molecule has 1 fully saturated rings. The first-order valence-electron chi connectivity index (χ1n) is 5.84. The van der Waals surface area contributed by atoms with E-state index in [1.165, 1.54) is 12.1 Å². The standard InChI is InChI=1S/C14H16FNO/c1-2-10-16-13(17)14(8-3-9-14)11-4-6-12(15)7-5-11/h2,4-7H,1,3,8-10H2,(H,16,17). The van der Waals surface area contributed by atoms with E-state index in [1.54, 1.807) is 18.2 Å². The first-order chi connectivity index (χ1) is 8.19. The van der Waals surface area contributed by atoms with Gasteiger partial charge < -0.3 is 5.32 Å². The van der Waals surface area contributed by atoms with Gasteiger partial charge in [-0.3, -0.25) is 4.79 Å². The van der Waals surface area contributed by atoms with Crippen molar-refractivity contribution in [3.8, 4) is 0 Å². The van der Waals surface area contributed by atoms with E-state index < -0.39 is 5.41 Å². The molecule has 1 aromatic carbocycles. The maximum atomic E-state index is 12.9. The molecule has 2 rings (SSSR count). The Kier molecular flexibility index (Phi) is 3.27.